The highest BCUT2D eigenvalue weighted by Gasteiger charge is 1.93. The SMILES string of the molecule is CCCCNCCn1cc(Br)cn1. The molecule has 74 valence electrons. The van der Waals surface area contributed by atoms with Crippen LogP contribution in [0.2, 0.25) is 0 Å². The highest BCUT2D eigenvalue weighted by Crippen LogP contribution is 2.05. The third-order valence-corrected chi connectivity index (χ3v) is 2.24. The first-order valence-corrected chi connectivity index (χ1v) is 5.51. The van der Waals surface area contributed by atoms with Crippen molar-refractivity contribution in [3.8, 4) is 0 Å². The van der Waals surface area contributed by atoms with Gasteiger partial charge in [0.25, 0.3) is 0 Å². The summed E-state index contributed by atoms with van der Waals surface area (Å²) in [5.74, 6) is 0. The number of nitrogens with zero attached hydrogens (tertiary/aromatic N) is 2. The molecule has 0 aliphatic carbocycles. The monoisotopic (exact) mass is 245 g/mol. The van der Waals surface area contributed by atoms with E-state index >= 15 is 0 Å². The van der Waals surface area contributed by atoms with E-state index in [0.29, 0.717) is 0 Å². The van der Waals surface area contributed by atoms with Crippen LogP contribution in [0.4, 0.5) is 0 Å². The van der Waals surface area contributed by atoms with Gasteiger partial charge in [-0.1, -0.05) is 13.3 Å². The molecule has 0 aliphatic rings. The third kappa shape index (κ3) is 4.43. The third-order valence-electron chi connectivity index (χ3n) is 1.83. The van der Waals surface area contributed by atoms with Gasteiger partial charge in [0, 0.05) is 12.7 Å². The summed E-state index contributed by atoms with van der Waals surface area (Å²) in [6.07, 6.45) is 6.30. The predicted molar refractivity (Wildman–Crippen MR) is 57.7 cm³/mol. The topological polar surface area (TPSA) is 29.9 Å². The van der Waals surface area contributed by atoms with Crippen molar-refractivity contribution < 1.29 is 0 Å². The minimum absolute atomic E-state index is 0.940. The molecule has 13 heavy (non-hydrogen) atoms. The largest absolute Gasteiger partial charge is 0.315 e. The second-order valence-corrected chi connectivity index (χ2v) is 3.94. The van der Waals surface area contributed by atoms with E-state index in [4.69, 9.17) is 0 Å². The van der Waals surface area contributed by atoms with Crippen LogP contribution in [-0.4, -0.2) is 22.9 Å². The molecule has 0 aromatic carbocycles. The zero-order valence-electron chi connectivity index (χ0n) is 7.96. The van der Waals surface area contributed by atoms with E-state index in [9.17, 15) is 0 Å². The molecule has 1 aromatic rings. The van der Waals surface area contributed by atoms with Crippen molar-refractivity contribution in [2.75, 3.05) is 13.1 Å². The molecular weight excluding hydrogens is 230 g/mol. The lowest BCUT2D eigenvalue weighted by Crippen LogP contribution is -2.21. The maximum Gasteiger partial charge on any atom is 0.0632 e. The smallest absolute Gasteiger partial charge is 0.0632 e. The molecule has 1 aromatic heterocycles. The molecular formula is C9H16BrN3. The molecule has 1 heterocycles. The van der Waals surface area contributed by atoms with Crippen molar-refractivity contribution in [2.24, 2.45) is 0 Å². The van der Waals surface area contributed by atoms with Crippen LogP contribution in [0.15, 0.2) is 16.9 Å². The lowest BCUT2D eigenvalue weighted by molar-refractivity contribution is 0.545. The van der Waals surface area contributed by atoms with Gasteiger partial charge in [0.1, 0.15) is 0 Å². The van der Waals surface area contributed by atoms with E-state index in [1.165, 1.54) is 12.8 Å². The quantitative estimate of drug-likeness (QED) is 0.778. The maximum atomic E-state index is 4.16. The van der Waals surface area contributed by atoms with Crippen LogP contribution in [0.5, 0.6) is 0 Å². The van der Waals surface area contributed by atoms with Crippen LogP contribution >= 0.6 is 15.9 Å². The first-order chi connectivity index (χ1) is 6.33. The Morgan fingerprint density at radius 1 is 1.54 bits per heavy atom. The van der Waals surface area contributed by atoms with Crippen LogP contribution in [-0.2, 0) is 6.54 Å². The summed E-state index contributed by atoms with van der Waals surface area (Å²) >= 11 is 3.36. The number of nitrogens with one attached hydrogen (secondary N) is 1. The van der Waals surface area contributed by atoms with Gasteiger partial charge in [0.15, 0.2) is 0 Å². The van der Waals surface area contributed by atoms with Crippen LogP contribution in [0.3, 0.4) is 0 Å². The molecule has 0 amide bonds. The van der Waals surface area contributed by atoms with Crippen molar-refractivity contribution in [2.45, 2.75) is 26.3 Å². The Morgan fingerprint density at radius 2 is 2.38 bits per heavy atom. The molecule has 0 spiro atoms. The standard InChI is InChI=1S/C9H16BrN3/c1-2-3-4-11-5-6-13-8-9(10)7-12-13/h7-8,11H,2-6H2,1H3. The second kappa shape index (κ2) is 6.16. The number of hydrogen-bond acceptors (Lipinski definition) is 2. The zero-order chi connectivity index (χ0) is 9.52. The summed E-state index contributed by atoms with van der Waals surface area (Å²) < 4.78 is 2.98. The van der Waals surface area contributed by atoms with Crippen molar-refractivity contribution in [1.82, 2.24) is 15.1 Å². The lowest BCUT2D eigenvalue weighted by atomic mass is 10.3. The van der Waals surface area contributed by atoms with Crippen LogP contribution in [0, 0.1) is 0 Å². The lowest BCUT2D eigenvalue weighted by Gasteiger charge is -2.03. The molecule has 0 unspecified atom stereocenters. The summed E-state index contributed by atoms with van der Waals surface area (Å²) in [5.41, 5.74) is 0. The summed E-state index contributed by atoms with van der Waals surface area (Å²) in [6, 6.07) is 0. The van der Waals surface area contributed by atoms with E-state index < -0.39 is 0 Å². The Hall–Kier alpha value is -0.350. The molecule has 1 N–H and O–H groups in total. The van der Waals surface area contributed by atoms with Crippen molar-refractivity contribution in [1.29, 1.82) is 0 Å². The van der Waals surface area contributed by atoms with E-state index in [1.807, 2.05) is 17.1 Å². The molecule has 1 rings (SSSR count). The molecule has 0 saturated carbocycles. The molecule has 0 radical (unpaired) electrons. The number of rotatable bonds is 6. The molecule has 3 nitrogen and oxygen atoms in total. The highest BCUT2D eigenvalue weighted by molar-refractivity contribution is 9.10. The van der Waals surface area contributed by atoms with Gasteiger partial charge in [-0.2, -0.15) is 5.10 Å². The summed E-state index contributed by atoms with van der Waals surface area (Å²) in [4.78, 5) is 0. The Morgan fingerprint density at radius 3 is 3.00 bits per heavy atom. The van der Waals surface area contributed by atoms with Crippen LogP contribution in [0.25, 0.3) is 0 Å². The fraction of sp³-hybridized carbons (Fsp3) is 0.667. The Balaban J connectivity index is 2.06. The predicted octanol–water partition coefficient (Wildman–Crippen LogP) is 2.04. The molecule has 4 heteroatoms. The Labute approximate surface area is 87.6 Å². The molecule has 0 fully saturated rings. The Bertz CT molecular complexity index is 235. The summed E-state index contributed by atoms with van der Waals surface area (Å²) in [7, 11) is 0. The van der Waals surface area contributed by atoms with Gasteiger partial charge in [-0.15, -0.1) is 0 Å². The summed E-state index contributed by atoms with van der Waals surface area (Å²) in [5, 5.41) is 7.53. The van der Waals surface area contributed by atoms with Gasteiger partial charge < -0.3 is 5.32 Å². The minimum atomic E-state index is 0.940. The highest BCUT2D eigenvalue weighted by atomic mass is 79.9. The average Bonchev–Trinajstić information content (AvgIpc) is 2.51. The van der Waals surface area contributed by atoms with Crippen molar-refractivity contribution in [3.05, 3.63) is 16.9 Å². The van der Waals surface area contributed by atoms with E-state index in [-0.39, 0.29) is 0 Å². The zero-order valence-corrected chi connectivity index (χ0v) is 9.55. The maximum absolute atomic E-state index is 4.16. The number of hydrogen-bond donors (Lipinski definition) is 1. The van der Waals surface area contributed by atoms with Gasteiger partial charge in [0.05, 0.1) is 17.2 Å². The van der Waals surface area contributed by atoms with Gasteiger partial charge in [0.2, 0.25) is 0 Å². The second-order valence-electron chi connectivity index (χ2n) is 3.03. The van der Waals surface area contributed by atoms with Crippen LogP contribution < -0.4 is 5.32 Å². The fourth-order valence-corrected chi connectivity index (χ4v) is 1.41. The van der Waals surface area contributed by atoms with E-state index in [1.54, 1.807) is 0 Å². The molecule has 0 saturated heterocycles. The minimum Gasteiger partial charge on any atom is -0.315 e. The first kappa shape index (κ1) is 10.7. The van der Waals surface area contributed by atoms with E-state index in [0.717, 1.165) is 24.1 Å². The van der Waals surface area contributed by atoms with Crippen molar-refractivity contribution in [3.63, 3.8) is 0 Å². The number of aromatic nitrogens is 2. The summed E-state index contributed by atoms with van der Waals surface area (Å²) in [6.45, 7) is 5.24. The van der Waals surface area contributed by atoms with E-state index in [2.05, 4.69) is 33.3 Å². The first-order valence-electron chi connectivity index (χ1n) is 4.71. The van der Waals surface area contributed by atoms with Crippen LogP contribution in [0.1, 0.15) is 19.8 Å². The van der Waals surface area contributed by atoms with Gasteiger partial charge >= 0.3 is 0 Å². The Kier molecular flexibility index (Phi) is 5.08. The van der Waals surface area contributed by atoms with Gasteiger partial charge in [-0.25, -0.2) is 0 Å². The molecule has 0 atom stereocenters. The molecule has 0 aliphatic heterocycles. The van der Waals surface area contributed by atoms with Crippen molar-refractivity contribution >= 4 is 15.9 Å². The van der Waals surface area contributed by atoms with Gasteiger partial charge in [-0.05, 0) is 28.9 Å². The molecule has 0 bridgehead atoms. The normalized spacial score (nSPS) is 10.6. The fourth-order valence-electron chi connectivity index (χ4n) is 1.08. The number of halogens is 1. The van der Waals surface area contributed by atoms with Gasteiger partial charge in [-0.3, -0.25) is 4.68 Å². The average molecular weight is 246 g/mol. The number of unbranched alkanes of at least 4 members (excludes halogenated alkanes) is 1.